The number of fused-ring (bicyclic) bond motifs is 1. The molecule has 6 heteroatoms. The second kappa shape index (κ2) is 5.70. The molecule has 0 bridgehead atoms. The number of halogens is 1. The molecule has 1 aliphatic carbocycles. The lowest BCUT2D eigenvalue weighted by Gasteiger charge is -2.15. The Kier molecular flexibility index (Phi) is 4.07. The van der Waals surface area contributed by atoms with E-state index in [4.69, 9.17) is 16.3 Å². The second-order valence-corrected chi connectivity index (χ2v) is 13.1. The maximum absolute atomic E-state index is 5.99. The molecule has 4 nitrogen and oxygen atoms in total. The first-order valence-corrected chi connectivity index (χ1v) is 11.6. The minimum Gasteiger partial charge on any atom is -0.361 e. The van der Waals surface area contributed by atoms with E-state index in [2.05, 4.69) is 40.6 Å². The molecule has 21 heavy (non-hydrogen) atoms. The standard InChI is InChI=1S/C15H22ClN3OSi/c1-21(2,3)7-6-20-10-19-9-13(11-4-5-11)12-8-14(16)17-18-15(12)19/h8-9,11H,4-7,10H2,1-3H3. The fourth-order valence-electron chi connectivity index (χ4n) is 2.44. The SMILES string of the molecule is C[Si](C)(C)CCOCn1cc(C2CC2)c2cc(Cl)nnc21. The number of hydrogen-bond donors (Lipinski definition) is 0. The van der Waals surface area contributed by atoms with Crippen molar-refractivity contribution in [1.82, 2.24) is 14.8 Å². The van der Waals surface area contributed by atoms with Gasteiger partial charge in [-0.2, -0.15) is 0 Å². The van der Waals surface area contributed by atoms with Crippen LogP contribution in [-0.4, -0.2) is 29.4 Å². The summed E-state index contributed by atoms with van der Waals surface area (Å²) in [5.74, 6) is 0.663. The molecule has 2 aromatic heterocycles. The summed E-state index contributed by atoms with van der Waals surface area (Å²) in [4.78, 5) is 0. The summed E-state index contributed by atoms with van der Waals surface area (Å²) < 4.78 is 7.91. The Hall–Kier alpha value is -0.913. The summed E-state index contributed by atoms with van der Waals surface area (Å²) in [6, 6.07) is 3.11. The molecule has 0 saturated heterocycles. The fourth-order valence-corrected chi connectivity index (χ4v) is 3.35. The molecular formula is C15H22ClN3OSi. The van der Waals surface area contributed by atoms with Gasteiger partial charge in [-0.15, -0.1) is 10.2 Å². The lowest BCUT2D eigenvalue weighted by atomic mass is 10.1. The largest absolute Gasteiger partial charge is 0.361 e. The second-order valence-electron chi connectivity index (χ2n) is 7.08. The Labute approximate surface area is 131 Å². The van der Waals surface area contributed by atoms with Gasteiger partial charge in [-0.05, 0) is 36.4 Å². The van der Waals surface area contributed by atoms with Crippen molar-refractivity contribution in [2.45, 2.75) is 51.2 Å². The first kappa shape index (κ1) is 15.0. The first-order chi connectivity index (χ1) is 9.94. The Balaban J connectivity index is 1.76. The van der Waals surface area contributed by atoms with E-state index in [0.29, 0.717) is 17.8 Å². The number of nitrogens with zero attached hydrogens (tertiary/aromatic N) is 3. The van der Waals surface area contributed by atoms with Gasteiger partial charge in [0.2, 0.25) is 0 Å². The fraction of sp³-hybridized carbons (Fsp3) is 0.600. The van der Waals surface area contributed by atoms with Gasteiger partial charge in [0.05, 0.1) is 0 Å². The molecule has 0 amide bonds. The van der Waals surface area contributed by atoms with E-state index in [1.54, 1.807) is 0 Å². The molecule has 2 aromatic rings. The average Bonchev–Trinajstić information content (AvgIpc) is 3.17. The van der Waals surface area contributed by atoms with E-state index in [0.717, 1.165) is 17.6 Å². The third-order valence-corrected chi connectivity index (χ3v) is 5.76. The average molecular weight is 324 g/mol. The molecule has 3 rings (SSSR count). The molecule has 1 fully saturated rings. The summed E-state index contributed by atoms with van der Waals surface area (Å²) in [5.41, 5.74) is 2.23. The third kappa shape index (κ3) is 3.65. The van der Waals surface area contributed by atoms with E-state index in [1.807, 2.05) is 6.07 Å². The number of ether oxygens (including phenoxy) is 1. The molecule has 0 atom stereocenters. The van der Waals surface area contributed by atoms with E-state index in [-0.39, 0.29) is 0 Å². The number of rotatable bonds is 6. The molecule has 0 spiro atoms. The minimum atomic E-state index is -1.04. The lowest BCUT2D eigenvalue weighted by Crippen LogP contribution is -2.22. The number of aromatic nitrogens is 3. The Bertz CT molecular complexity index is 646. The Morgan fingerprint density at radius 3 is 2.76 bits per heavy atom. The van der Waals surface area contributed by atoms with Crippen LogP contribution in [0, 0.1) is 0 Å². The van der Waals surface area contributed by atoms with E-state index < -0.39 is 8.07 Å². The van der Waals surface area contributed by atoms with Gasteiger partial charge in [-0.25, -0.2) is 0 Å². The van der Waals surface area contributed by atoms with Crippen LogP contribution in [-0.2, 0) is 11.5 Å². The lowest BCUT2D eigenvalue weighted by molar-refractivity contribution is 0.0897. The molecule has 1 saturated carbocycles. The smallest absolute Gasteiger partial charge is 0.164 e. The quantitative estimate of drug-likeness (QED) is 0.588. The third-order valence-electron chi connectivity index (χ3n) is 3.87. The zero-order valence-electron chi connectivity index (χ0n) is 12.9. The van der Waals surface area contributed by atoms with E-state index in [1.165, 1.54) is 24.4 Å². The van der Waals surface area contributed by atoms with Crippen molar-refractivity contribution in [3.05, 3.63) is 23.0 Å². The molecule has 0 unspecified atom stereocenters. The Morgan fingerprint density at radius 1 is 1.33 bits per heavy atom. The van der Waals surface area contributed by atoms with Crippen molar-refractivity contribution in [3.63, 3.8) is 0 Å². The summed E-state index contributed by atoms with van der Waals surface area (Å²) in [7, 11) is -1.04. The highest BCUT2D eigenvalue weighted by Crippen LogP contribution is 2.43. The van der Waals surface area contributed by atoms with Crippen molar-refractivity contribution in [2.24, 2.45) is 0 Å². The van der Waals surface area contributed by atoms with Crippen molar-refractivity contribution in [1.29, 1.82) is 0 Å². The van der Waals surface area contributed by atoms with E-state index >= 15 is 0 Å². The van der Waals surface area contributed by atoms with Crippen LogP contribution in [0.1, 0.15) is 24.3 Å². The maximum Gasteiger partial charge on any atom is 0.164 e. The van der Waals surface area contributed by atoms with Crippen molar-refractivity contribution in [2.75, 3.05) is 6.61 Å². The highest BCUT2D eigenvalue weighted by atomic mass is 35.5. The summed E-state index contributed by atoms with van der Waals surface area (Å²) in [6.07, 6.45) is 4.69. The first-order valence-electron chi connectivity index (χ1n) is 7.54. The van der Waals surface area contributed by atoms with Gasteiger partial charge in [0.15, 0.2) is 10.8 Å². The normalized spacial score (nSPS) is 15.8. The zero-order valence-corrected chi connectivity index (χ0v) is 14.7. The maximum atomic E-state index is 5.99. The monoisotopic (exact) mass is 323 g/mol. The molecule has 114 valence electrons. The predicted molar refractivity (Wildman–Crippen MR) is 88.6 cm³/mol. The topological polar surface area (TPSA) is 39.9 Å². The molecular weight excluding hydrogens is 302 g/mol. The number of hydrogen-bond acceptors (Lipinski definition) is 3. The van der Waals surface area contributed by atoms with Crippen LogP contribution >= 0.6 is 11.6 Å². The van der Waals surface area contributed by atoms with Crippen LogP contribution in [0.5, 0.6) is 0 Å². The van der Waals surface area contributed by atoms with Crippen molar-refractivity contribution in [3.8, 4) is 0 Å². The minimum absolute atomic E-state index is 0.460. The molecule has 0 radical (unpaired) electrons. The van der Waals surface area contributed by atoms with Gasteiger partial charge in [0.25, 0.3) is 0 Å². The summed E-state index contributed by atoms with van der Waals surface area (Å²) in [5, 5.41) is 9.81. The molecule has 0 N–H and O–H groups in total. The van der Waals surface area contributed by atoms with Gasteiger partial charge < -0.3 is 9.30 Å². The highest BCUT2D eigenvalue weighted by molar-refractivity contribution is 6.76. The van der Waals surface area contributed by atoms with Gasteiger partial charge in [0.1, 0.15) is 6.73 Å². The van der Waals surface area contributed by atoms with Crippen LogP contribution in [0.15, 0.2) is 12.3 Å². The zero-order chi connectivity index (χ0) is 15.0. The summed E-state index contributed by atoms with van der Waals surface area (Å²) in [6.45, 7) is 8.44. The van der Waals surface area contributed by atoms with Crippen molar-refractivity contribution >= 4 is 30.7 Å². The highest BCUT2D eigenvalue weighted by Gasteiger charge is 2.28. The summed E-state index contributed by atoms with van der Waals surface area (Å²) >= 11 is 5.99. The van der Waals surface area contributed by atoms with Gasteiger partial charge in [-0.3, -0.25) is 0 Å². The van der Waals surface area contributed by atoms with Crippen LogP contribution in [0.25, 0.3) is 11.0 Å². The van der Waals surface area contributed by atoms with Gasteiger partial charge in [0, 0.05) is 26.3 Å². The molecule has 0 aromatic carbocycles. The molecule has 0 aliphatic heterocycles. The van der Waals surface area contributed by atoms with Gasteiger partial charge in [-0.1, -0.05) is 31.2 Å². The van der Waals surface area contributed by atoms with Crippen molar-refractivity contribution < 1.29 is 4.74 Å². The van der Waals surface area contributed by atoms with Gasteiger partial charge >= 0.3 is 0 Å². The van der Waals surface area contributed by atoms with Crippen LogP contribution < -0.4 is 0 Å². The Morgan fingerprint density at radius 2 is 2.10 bits per heavy atom. The van der Waals surface area contributed by atoms with Crippen LogP contribution in [0.2, 0.25) is 30.8 Å². The molecule has 1 aliphatic rings. The van der Waals surface area contributed by atoms with Crippen LogP contribution in [0.4, 0.5) is 0 Å². The predicted octanol–water partition coefficient (Wildman–Crippen LogP) is 4.27. The molecule has 2 heterocycles. The van der Waals surface area contributed by atoms with E-state index in [9.17, 15) is 0 Å². The van der Waals surface area contributed by atoms with Crippen LogP contribution in [0.3, 0.4) is 0 Å².